The zero-order valence-electron chi connectivity index (χ0n) is 14.8. The molecule has 1 saturated heterocycles. The molecular formula is C17H17F3N4O3S. The van der Waals surface area contributed by atoms with Crippen LogP contribution in [0.4, 0.5) is 24.7 Å². The lowest BCUT2D eigenvalue weighted by Gasteiger charge is -2.40. The molecule has 0 saturated carbocycles. The van der Waals surface area contributed by atoms with Crippen molar-refractivity contribution in [3.8, 4) is 0 Å². The molecule has 11 heteroatoms. The van der Waals surface area contributed by atoms with E-state index in [-0.39, 0.29) is 19.6 Å². The average molecular weight is 414 g/mol. The van der Waals surface area contributed by atoms with Gasteiger partial charge >= 0.3 is 6.18 Å². The fraction of sp³-hybridized carbons (Fsp3) is 0.412. The summed E-state index contributed by atoms with van der Waals surface area (Å²) in [6.07, 6.45) is -1.60. The maximum atomic E-state index is 13.0. The average Bonchev–Trinajstić information content (AvgIpc) is 3.19. The molecule has 2 aromatic rings. The smallest absolute Gasteiger partial charge is 0.325 e. The molecule has 0 N–H and O–H groups in total. The molecule has 1 amide bonds. The summed E-state index contributed by atoms with van der Waals surface area (Å²) in [6, 6.07) is 6.35. The van der Waals surface area contributed by atoms with E-state index in [9.17, 15) is 26.4 Å². The number of fused-ring (bicyclic) bond motifs is 1. The van der Waals surface area contributed by atoms with Gasteiger partial charge in [0.05, 0.1) is 30.0 Å². The predicted molar refractivity (Wildman–Crippen MR) is 94.3 cm³/mol. The number of hydrogen-bond donors (Lipinski definition) is 0. The van der Waals surface area contributed by atoms with Crippen LogP contribution in [0.15, 0.2) is 36.5 Å². The Morgan fingerprint density at radius 3 is 2.36 bits per heavy atom. The first-order valence-electron chi connectivity index (χ1n) is 8.50. The molecule has 0 aliphatic carbocycles. The summed E-state index contributed by atoms with van der Waals surface area (Å²) in [7, 11) is -3.68. The lowest BCUT2D eigenvalue weighted by molar-refractivity contribution is -0.137. The number of carbonyl (C=O) groups excluding carboxylic acids is 1. The molecule has 1 spiro atoms. The number of benzene rings is 1. The Morgan fingerprint density at radius 2 is 1.79 bits per heavy atom. The first-order valence-corrected chi connectivity index (χ1v) is 10.3. The molecule has 1 fully saturated rings. The highest BCUT2D eigenvalue weighted by Crippen LogP contribution is 2.43. The summed E-state index contributed by atoms with van der Waals surface area (Å²) in [5.41, 5.74) is -1.30. The van der Waals surface area contributed by atoms with Crippen molar-refractivity contribution in [2.24, 2.45) is 5.41 Å². The second kappa shape index (κ2) is 5.97. The molecular weight excluding hydrogens is 397 g/mol. The Balaban J connectivity index is 1.73. The van der Waals surface area contributed by atoms with Gasteiger partial charge in [-0.3, -0.25) is 4.79 Å². The van der Waals surface area contributed by atoms with Crippen molar-refractivity contribution in [3.05, 3.63) is 42.1 Å². The Labute approximate surface area is 159 Å². The zero-order valence-corrected chi connectivity index (χ0v) is 15.7. The molecule has 1 unspecified atom stereocenters. The molecule has 28 heavy (non-hydrogen) atoms. The second-order valence-electron chi connectivity index (χ2n) is 7.15. The van der Waals surface area contributed by atoms with Gasteiger partial charge in [0.1, 0.15) is 5.82 Å². The number of rotatable bonds is 2. The van der Waals surface area contributed by atoms with Crippen molar-refractivity contribution in [3.63, 3.8) is 0 Å². The third-order valence-corrected chi connectivity index (χ3v) is 6.41. The molecule has 2 aliphatic rings. The van der Waals surface area contributed by atoms with Gasteiger partial charge in [-0.1, -0.05) is 0 Å². The van der Waals surface area contributed by atoms with Gasteiger partial charge in [-0.15, -0.1) is 0 Å². The van der Waals surface area contributed by atoms with Gasteiger partial charge in [0.2, 0.25) is 15.9 Å². The second-order valence-corrected chi connectivity index (χ2v) is 9.06. The van der Waals surface area contributed by atoms with Crippen molar-refractivity contribution < 1.29 is 26.4 Å². The van der Waals surface area contributed by atoms with Crippen LogP contribution in [0.3, 0.4) is 0 Å². The SMILES string of the molecule is CS(=O)(=O)N1CCC2(CN(c3ccc(C(F)(F)F)cc3)c3ccnn3C2)C1=O. The number of anilines is 2. The minimum absolute atomic E-state index is 0.0785. The number of sulfonamides is 1. The highest BCUT2D eigenvalue weighted by Gasteiger charge is 2.53. The lowest BCUT2D eigenvalue weighted by Crippen LogP contribution is -2.49. The Bertz CT molecular complexity index is 1030. The Kier molecular flexibility index (Phi) is 4.00. The van der Waals surface area contributed by atoms with E-state index in [0.29, 0.717) is 17.9 Å². The van der Waals surface area contributed by atoms with Crippen LogP contribution < -0.4 is 4.90 Å². The maximum absolute atomic E-state index is 13.0. The minimum atomic E-state index is -4.44. The summed E-state index contributed by atoms with van der Waals surface area (Å²) >= 11 is 0. The molecule has 1 aromatic heterocycles. The highest BCUT2D eigenvalue weighted by molar-refractivity contribution is 7.88. The Morgan fingerprint density at radius 1 is 1.11 bits per heavy atom. The number of alkyl halides is 3. The van der Waals surface area contributed by atoms with Crippen LogP contribution in [-0.2, 0) is 27.5 Å². The summed E-state index contributed by atoms with van der Waals surface area (Å²) in [5, 5.41) is 4.20. The predicted octanol–water partition coefficient (Wildman–Crippen LogP) is 2.23. The van der Waals surface area contributed by atoms with Gasteiger partial charge in [-0.25, -0.2) is 17.4 Å². The first-order chi connectivity index (χ1) is 13.0. The Hall–Kier alpha value is -2.56. The molecule has 1 atom stereocenters. The van der Waals surface area contributed by atoms with Crippen LogP contribution in [0, 0.1) is 5.41 Å². The monoisotopic (exact) mass is 414 g/mol. The van der Waals surface area contributed by atoms with E-state index in [2.05, 4.69) is 5.10 Å². The van der Waals surface area contributed by atoms with Crippen LogP contribution >= 0.6 is 0 Å². The van der Waals surface area contributed by atoms with Gasteiger partial charge < -0.3 is 4.90 Å². The van der Waals surface area contributed by atoms with Crippen molar-refractivity contribution in [1.29, 1.82) is 0 Å². The topological polar surface area (TPSA) is 75.5 Å². The standard InChI is InChI=1S/C17H17F3N4O3S/c1-28(26,27)24-9-7-16(15(24)25)10-22(14-6-8-21-23(14)11-16)13-4-2-12(3-5-13)17(18,19)20/h2-6,8H,7,9-11H2,1H3. The number of carbonyl (C=O) groups is 1. The van der Waals surface area contributed by atoms with Crippen LogP contribution in [0.25, 0.3) is 0 Å². The van der Waals surface area contributed by atoms with Crippen LogP contribution in [-0.4, -0.2) is 47.8 Å². The number of aromatic nitrogens is 2. The van der Waals surface area contributed by atoms with E-state index in [1.54, 1.807) is 21.8 Å². The highest BCUT2D eigenvalue weighted by atomic mass is 32.2. The summed E-state index contributed by atoms with van der Waals surface area (Å²) in [4.78, 5) is 14.7. The van der Waals surface area contributed by atoms with E-state index >= 15 is 0 Å². The number of halogens is 3. The van der Waals surface area contributed by atoms with Gasteiger partial charge in [-0.05, 0) is 30.7 Å². The largest absolute Gasteiger partial charge is 0.416 e. The zero-order chi connectivity index (χ0) is 20.3. The van der Waals surface area contributed by atoms with Gasteiger partial charge in [0, 0.05) is 24.8 Å². The molecule has 7 nitrogen and oxygen atoms in total. The first kappa shape index (κ1) is 18.8. The molecule has 2 aliphatic heterocycles. The van der Waals surface area contributed by atoms with Gasteiger partial charge in [0.25, 0.3) is 0 Å². The number of nitrogens with zero attached hydrogens (tertiary/aromatic N) is 4. The molecule has 1 aromatic carbocycles. The minimum Gasteiger partial charge on any atom is -0.325 e. The molecule has 150 valence electrons. The van der Waals surface area contributed by atoms with Crippen molar-refractivity contribution >= 4 is 27.4 Å². The lowest BCUT2D eigenvalue weighted by atomic mass is 9.84. The summed E-state index contributed by atoms with van der Waals surface area (Å²) < 4.78 is 64.9. The molecule has 0 bridgehead atoms. The van der Waals surface area contributed by atoms with Crippen molar-refractivity contribution in [2.75, 3.05) is 24.2 Å². The van der Waals surface area contributed by atoms with Crippen molar-refractivity contribution in [2.45, 2.75) is 19.1 Å². The summed E-state index contributed by atoms with van der Waals surface area (Å²) in [5.74, 6) is 0.129. The molecule has 4 rings (SSSR count). The quantitative estimate of drug-likeness (QED) is 0.754. The van der Waals surface area contributed by atoms with Crippen molar-refractivity contribution in [1.82, 2.24) is 14.1 Å². The summed E-state index contributed by atoms with van der Waals surface area (Å²) in [6.45, 7) is 0.460. The van der Waals surface area contributed by atoms with Gasteiger partial charge in [0.15, 0.2) is 0 Å². The fourth-order valence-electron chi connectivity index (χ4n) is 3.85. The third-order valence-electron chi connectivity index (χ3n) is 5.26. The fourth-order valence-corrected chi connectivity index (χ4v) is 4.77. The maximum Gasteiger partial charge on any atom is 0.416 e. The van der Waals surface area contributed by atoms with E-state index in [0.717, 1.165) is 22.7 Å². The van der Waals surface area contributed by atoms with E-state index in [1.807, 2.05) is 0 Å². The molecule has 3 heterocycles. The van der Waals surface area contributed by atoms with E-state index in [4.69, 9.17) is 0 Å². The number of amides is 1. The van der Waals surface area contributed by atoms with Gasteiger partial charge in [-0.2, -0.15) is 18.3 Å². The third kappa shape index (κ3) is 2.93. The van der Waals surface area contributed by atoms with Crippen LogP contribution in [0.2, 0.25) is 0 Å². The van der Waals surface area contributed by atoms with Crippen LogP contribution in [0.1, 0.15) is 12.0 Å². The van der Waals surface area contributed by atoms with E-state index in [1.165, 1.54) is 12.1 Å². The van der Waals surface area contributed by atoms with Crippen LogP contribution in [0.5, 0.6) is 0 Å². The van der Waals surface area contributed by atoms with E-state index < -0.39 is 33.1 Å². The molecule has 0 radical (unpaired) electrons. The normalized spacial score (nSPS) is 22.8. The number of hydrogen-bond acceptors (Lipinski definition) is 5.